The first-order valence-electron chi connectivity index (χ1n) is 9.95. The van der Waals surface area contributed by atoms with Crippen LogP contribution in [0.25, 0.3) is 11.5 Å². The van der Waals surface area contributed by atoms with Crippen LogP contribution in [0, 0.1) is 0 Å². The molecule has 10 nitrogen and oxygen atoms in total. The summed E-state index contributed by atoms with van der Waals surface area (Å²) in [4.78, 5) is 12.7. The predicted molar refractivity (Wildman–Crippen MR) is 124 cm³/mol. The summed E-state index contributed by atoms with van der Waals surface area (Å²) >= 11 is 0. The number of methoxy groups -OCH3 is 2. The number of amides is 1. The minimum Gasteiger partial charge on any atom is -0.497 e. The van der Waals surface area contributed by atoms with Gasteiger partial charge in [0.1, 0.15) is 11.5 Å². The molecule has 0 aliphatic heterocycles. The maximum absolute atomic E-state index is 12.7. The Hall–Kier alpha value is -4.38. The lowest BCUT2D eigenvalue weighted by atomic mass is 10.2. The number of para-hydroxylation sites is 1. The number of nitrogens with zero attached hydrogens (tertiary/aromatic N) is 2. The highest BCUT2D eigenvalue weighted by molar-refractivity contribution is 7.92. The minimum atomic E-state index is -3.86. The molecular weight excluding hydrogens is 460 g/mol. The van der Waals surface area contributed by atoms with E-state index in [0.717, 1.165) is 0 Å². The molecule has 0 atom stereocenters. The summed E-state index contributed by atoms with van der Waals surface area (Å²) in [5.41, 5.74) is 0.976. The Morgan fingerprint density at radius 1 is 0.912 bits per heavy atom. The van der Waals surface area contributed by atoms with Crippen molar-refractivity contribution < 1.29 is 27.1 Å². The summed E-state index contributed by atoms with van der Waals surface area (Å²) in [5.74, 6) is 0.697. The second kappa shape index (κ2) is 9.63. The molecule has 1 heterocycles. The molecule has 34 heavy (non-hydrogen) atoms. The molecule has 11 heteroatoms. The van der Waals surface area contributed by atoms with Crippen LogP contribution in [0.1, 0.15) is 10.4 Å². The third-order valence-corrected chi connectivity index (χ3v) is 6.13. The Balaban J connectivity index is 1.48. The van der Waals surface area contributed by atoms with Crippen molar-refractivity contribution in [2.24, 2.45) is 0 Å². The zero-order valence-electron chi connectivity index (χ0n) is 18.2. The van der Waals surface area contributed by atoms with E-state index in [0.29, 0.717) is 17.1 Å². The minimum absolute atomic E-state index is 0.0536. The van der Waals surface area contributed by atoms with E-state index < -0.39 is 15.9 Å². The van der Waals surface area contributed by atoms with Crippen molar-refractivity contribution in [3.05, 3.63) is 78.4 Å². The maximum atomic E-state index is 12.7. The molecule has 0 saturated carbocycles. The van der Waals surface area contributed by atoms with Crippen molar-refractivity contribution in [2.75, 3.05) is 24.3 Å². The standard InChI is InChI=1S/C23H20N4O6S/c1-31-17-10-12-18(13-11-17)34(29,30)27-16-7-5-6-15(14-16)21(28)24-23-26-25-22(33-23)19-8-3-4-9-20(19)32-2/h3-14,27H,1-2H3,(H,24,26,28). The summed E-state index contributed by atoms with van der Waals surface area (Å²) in [5, 5.41) is 10.3. The van der Waals surface area contributed by atoms with Gasteiger partial charge >= 0.3 is 6.01 Å². The lowest BCUT2D eigenvalue weighted by molar-refractivity contribution is 0.102. The van der Waals surface area contributed by atoms with E-state index in [1.807, 2.05) is 0 Å². The molecule has 0 fully saturated rings. The lowest BCUT2D eigenvalue weighted by Crippen LogP contribution is -2.15. The fourth-order valence-corrected chi connectivity index (χ4v) is 4.12. The third kappa shape index (κ3) is 4.99. The van der Waals surface area contributed by atoms with Gasteiger partial charge in [-0.2, -0.15) is 0 Å². The van der Waals surface area contributed by atoms with E-state index in [1.165, 1.54) is 44.6 Å². The number of carbonyl (C=O) groups is 1. The number of sulfonamides is 1. The van der Waals surface area contributed by atoms with E-state index in [2.05, 4.69) is 20.2 Å². The topological polar surface area (TPSA) is 133 Å². The summed E-state index contributed by atoms with van der Waals surface area (Å²) in [7, 11) is -0.850. The molecule has 4 aromatic rings. The highest BCUT2D eigenvalue weighted by atomic mass is 32.2. The summed E-state index contributed by atoms with van der Waals surface area (Å²) < 4.78 is 43.7. The van der Waals surface area contributed by atoms with Gasteiger partial charge in [-0.25, -0.2) is 8.42 Å². The predicted octanol–water partition coefficient (Wildman–Crippen LogP) is 3.81. The monoisotopic (exact) mass is 480 g/mol. The molecular formula is C23H20N4O6S. The zero-order chi connectivity index (χ0) is 24.1. The zero-order valence-corrected chi connectivity index (χ0v) is 19.0. The summed E-state index contributed by atoms with van der Waals surface area (Å²) in [6.45, 7) is 0. The van der Waals surface area contributed by atoms with Gasteiger partial charge in [-0.15, -0.1) is 5.10 Å². The number of carbonyl (C=O) groups excluding carboxylic acids is 1. The van der Waals surface area contributed by atoms with Gasteiger partial charge in [-0.05, 0) is 54.6 Å². The highest BCUT2D eigenvalue weighted by Gasteiger charge is 2.18. The van der Waals surface area contributed by atoms with E-state index in [9.17, 15) is 13.2 Å². The summed E-state index contributed by atoms with van der Waals surface area (Å²) in [6.07, 6.45) is 0. The van der Waals surface area contributed by atoms with Crippen LogP contribution in [0.3, 0.4) is 0 Å². The van der Waals surface area contributed by atoms with Crippen LogP contribution in [-0.4, -0.2) is 38.7 Å². The van der Waals surface area contributed by atoms with Crippen LogP contribution in [0.2, 0.25) is 0 Å². The smallest absolute Gasteiger partial charge is 0.322 e. The van der Waals surface area contributed by atoms with Crippen LogP contribution in [0.4, 0.5) is 11.7 Å². The van der Waals surface area contributed by atoms with Gasteiger partial charge in [0.05, 0.1) is 24.7 Å². The van der Waals surface area contributed by atoms with E-state index in [-0.39, 0.29) is 28.1 Å². The molecule has 0 spiro atoms. The quantitative estimate of drug-likeness (QED) is 0.389. The summed E-state index contributed by atoms with van der Waals surface area (Å²) in [6, 6.07) is 18.9. The van der Waals surface area contributed by atoms with Crippen LogP contribution in [-0.2, 0) is 10.0 Å². The van der Waals surface area contributed by atoms with Gasteiger partial charge in [0.25, 0.3) is 21.8 Å². The van der Waals surface area contributed by atoms with Crippen LogP contribution in [0.15, 0.2) is 82.1 Å². The van der Waals surface area contributed by atoms with Crippen molar-refractivity contribution >= 4 is 27.6 Å². The van der Waals surface area contributed by atoms with Crippen LogP contribution < -0.4 is 19.5 Å². The molecule has 4 rings (SSSR count). The van der Waals surface area contributed by atoms with Crippen molar-refractivity contribution in [3.63, 3.8) is 0 Å². The molecule has 0 radical (unpaired) electrons. The van der Waals surface area contributed by atoms with Gasteiger partial charge in [-0.1, -0.05) is 23.3 Å². The Kier molecular flexibility index (Phi) is 6.46. The molecule has 0 aliphatic rings. The van der Waals surface area contributed by atoms with Gasteiger partial charge in [-0.3, -0.25) is 14.8 Å². The van der Waals surface area contributed by atoms with E-state index in [1.54, 1.807) is 42.5 Å². The Bertz CT molecular complexity index is 1420. The van der Waals surface area contributed by atoms with Gasteiger partial charge < -0.3 is 13.9 Å². The number of anilines is 2. The normalized spacial score (nSPS) is 11.0. The number of rotatable bonds is 8. The van der Waals surface area contributed by atoms with Crippen LogP contribution in [0.5, 0.6) is 11.5 Å². The number of aromatic nitrogens is 2. The fourth-order valence-electron chi connectivity index (χ4n) is 3.07. The van der Waals surface area contributed by atoms with Gasteiger partial charge in [0, 0.05) is 11.3 Å². The molecule has 0 bridgehead atoms. The van der Waals surface area contributed by atoms with Gasteiger partial charge in [0.2, 0.25) is 0 Å². The SMILES string of the molecule is COc1ccc(S(=O)(=O)Nc2cccc(C(=O)Nc3nnc(-c4ccccc4OC)o3)c2)cc1. The van der Waals surface area contributed by atoms with Crippen molar-refractivity contribution in [1.82, 2.24) is 10.2 Å². The van der Waals surface area contributed by atoms with Crippen molar-refractivity contribution in [1.29, 1.82) is 0 Å². The lowest BCUT2D eigenvalue weighted by Gasteiger charge is -2.10. The fraction of sp³-hybridized carbons (Fsp3) is 0.0870. The number of hydrogen-bond acceptors (Lipinski definition) is 8. The third-order valence-electron chi connectivity index (χ3n) is 4.73. The highest BCUT2D eigenvalue weighted by Crippen LogP contribution is 2.29. The average molecular weight is 481 g/mol. The first-order chi connectivity index (χ1) is 16.4. The first-order valence-corrected chi connectivity index (χ1v) is 11.4. The molecule has 0 aliphatic carbocycles. The Labute approximate surface area is 195 Å². The average Bonchev–Trinajstić information content (AvgIpc) is 3.32. The van der Waals surface area contributed by atoms with Crippen molar-refractivity contribution in [2.45, 2.75) is 4.90 Å². The van der Waals surface area contributed by atoms with E-state index in [4.69, 9.17) is 13.9 Å². The number of nitrogens with one attached hydrogen (secondary N) is 2. The molecule has 1 aromatic heterocycles. The Morgan fingerprint density at radius 3 is 2.41 bits per heavy atom. The van der Waals surface area contributed by atoms with E-state index >= 15 is 0 Å². The molecule has 3 aromatic carbocycles. The maximum Gasteiger partial charge on any atom is 0.322 e. The molecule has 0 unspecified atom stereocenters. The second-order valence-corrected chi connectivity index (χ2v) is 8.61. The molecule has 174 valence electrons. The Morgan fingerprint density at radius 2 is 1.68 bits per heavy atom. The number of ether oxygens (including phenoxy) is 2. The van der Waals surface area contributed by atoms with Crippen molar-refractivity contribution in [3.8, 4) is 23.0 Å². The van der Waals surface area contributed by atoms with Crippen LogP contribution >= 0.6 is 0 Å². The number of benzene rings is 3. The molecule has 2 N–H and O–H groups in total. The largest absolute Gasteiger partial charge is 0.497 e. The van der Waals surface area contributed by atoms with Gasteiger partial charge in [0.15, 0.2) is 0 Å². The molecule has 0 saturated heterocycles. The first kappa shape index (κ1) is 22.8. The second-order valence-electron chi connectivity index (χ2n) is 6.93. The molecule has 1 amide bonds. The number of hydrogen-bond donors (Lipinski definition) is 2.